The molecule has 0 aliphatic heterocycles. The van der Waals surface area contributed by atoms with Crippen molar-refractivity contribution in [2.24, 2.45) is 0 Å². The number of nitrogens with one attached hydrogen (secondary N) is 2. The van der Waals surface area contributed by atoms with E-state index in [4.69, 9.17) is 21.7 Å². The molecule has 122 valence electrons. The van der Waals surface area contributed by atoms with Crippen LogP contribution in [0.15, 0.2) is 34.8 Å². The predicted octanol–water partition coefficient (Wildman–Crippen LogP) is 4.55. The highest BCUT2D eigenvalue weighted by Crippen LogP contribution is 2.30. The predicted molar refractivity (Wildman–Crippen MR) is 93.4 cm³/mol. The summed E-state index contributed by atoms with van der Waals surface area (Å²) in [5.74, 6) is -0.314. The van der Waals surface area contributed by atoms with E-state index in [1.807, 2.05) is 0 Å². The number of methoxy groups -OCH3 is 2. The molecule has 0 unspecified atom stereocenters. The number of ether oxygens (including phenoxy) is 2. The second-order valence-electron chi connectivity index (χ2n) is 4.39. The van der Waals surface area contributed by atoms with Crippen molar-refractivity contribution in [3.8, 4) is 11.5 Å². The monoisotopic (exact) mass is 402 g/mol. The molecule has 0 heterocycles. The molecular weight excluding hydrogens is 390 g/mol. The van der Waals surface area contributed by atoms with Gasteiger partial charge in [-0.2, -0.15) is 0 Å². The van der Waals surface area contributed by atoms with Crippen LogP contribution >= 0.6 is 28.1 Å². The highest BCUT2D eigenvalue weighted by molar-refractivity contribution is 9.10. The van der Waals surface area contributed by atoms with Crippen molar-refractivity contribution in [1.82, 2.24) is 0 Å². The minimum Gasteiger partial charge on any atom is -0.497 e. The average Bonchev–Trinajstić information content (AvgIpc) is 2.50. The molecule has 2 rings (SSSR count). The van der Waals surface area contributed by atoms with Crippen LogP contribution in [0, 0.1) is 11.6 Å². The molecule has 0 spiro atoms. The highest BCUT2D eigenvalue weighted by atomic mass is 79.9. The molecule has 0 saturated carbocycles. The Balaban J connectivity index is 2.20. The first kappa shape index (κ1) is 17.4. The van der Waals surface area contributed by atoms with E-state index in [0.717, 1.165) is 12.1 Å². The zero-order valence-corrected chi connectivity index (χ0v) is 14.6. The van der Waals surface area contributed by atoms with Crippen molar-refractivity contribution < 1.29 is 18.3 Å². The lowest BCUT2D eigenvalue weighted by Gasteiger charge is -2.15. The van der Waals surface area contributed by atoms with Gasteiger partial charge in [-0.15, -0.1) is 0 Å². The number of anilines is 2. The van der Waals surface area contributed by atoms with E-state index in [9.17, 15) is 8.78 Å². The largest absolute Gasteiger partial charge is 0.497 e. The standard InChI is InChI=1S/C15H13BrF2N2O2S/c1-21-9-3-4-13(22-2)12(7-9)19-15(23)20-14-10(16)5-8(17)6-11(14)18/h3-7H,1-2H3,(H2,19,20,23). The van der Waals surface area contributed by atoms with Crippen LogP contribution in [0.2, 0.25) is 0 Å². The first-order valence-corrected chi connectivity index (χ1v) is 7.59. The molecule has 0 bridgehead atoms. The second kappa shape index (κ2) is 7.56. The maximum absolute atomic E-state index is 13.8. The van der Waals surface area contributed by atoms with Gasteiger partial charge in [0.1, 0.15) is 17.3 Å². The third-order valence-electron chi connectivity index (χ3n) is 2.90. The maximum Gasteiger partial charge on any atom is 0.175 e. The summed E-state index contributed by atoms with van der Waals surface area (Å²) in [6.07, 6.45) is 0. The normalized spacial score (nSPS) is 10.1. The fourth-order valence-electron chi connectivity index (χ4n) is 1.84. The Morgan fingerprint density at radius 3 is 2.43 bits per heavy atom. The molecule has 2 N–H and O–H groups in total. The van der Waals surface area contributed by atoms with Gasteiger partial charge in [-0.3, -0.25) is 0 Å². The van der Waals surface area contributed by atoms with E-state index in [0.29, 0.717) is 17.2 Å². The zero-order valence-electron chi connectivity index (χ0n) is 12.2. The Morgan fingerprint density at radius 2 is 1.83 bits per heavy atom. The van der Waals surface area contributed by atoms with Gasteiger partial charge >= 0.3 is 0 Å². The Kier molecular flexibility index (Phi) is 5.73. The minimum absolute atomic E-state index is 0.0331. The number of rotatable bonds is 4. The number of halogens is 3. The first-order valence-electron chi connectivity index (χ1n) is 6.39. The van der Waals surface area contributed by atoms with Crippen molar-refractivity contribution >= 4 is 44.6 Å². The van der Waals surface area contributed by atoms with Crippen LogP contribution in [0.3, 0.4) is 0 Å². The van der Waals surface area contributed by atoms with Crippen molar-refractivity contribution in [1.29, 1.82) is 0 Å². The molecule has 2 aromatic carbocycles. The van der Waals surface area contributed by atoms with Gasteiger partial charge in [0.25, 0.3) is 0 Å². The van der Waals surface area contributed by atoms with Crippen molar-refractivity contribution in [3.05, 3.63) is 46.4 Å². The van der Waals surface area contributed by atoms with Crippen molar-refractivity contribution in [2.45, 2.75) is 0 Å². The molecule has 23 heavy (non-hydrogen) atoms. The Bertz CT molecular complexity index is 720. The van der Waals surface area contributed by atoms with Crippen LogP contribution in [0.1, 0.15) is 0 Å². The van der Waals surface area contributed by atoms with Gasteiger partial charge in [0.15, 0.2) is 10.9 Å². The molecule has 0 amide bonds. The fraction of sp³-hybridized carbons (Fsp3) is 0.133. The van der Waals surface area contributed by atoms with Gasteiger partial charge in [0.2, 0.25) is 0 Å². The van der Waals surface area contributed by atoms with E-state index < -0.39 is 11.6 Å². The van der Waals surface area contributed by atoms with Crippen LogP contribution in [0.4, 0.5) is 20.2 Å². The molecule has 0 saturated heterocycles. The van der Waals surface area contributed by atoms with E-state index in [2.05, 4.69) is 26.6 Å². The van der Waals surface area contributed by atoms with Crippen molar-refractivity contribution in [2.75, 3.05) is 24.9 Å². The highest BCUT2D eigenvalue weighted by Gasteiger charge is 2.12. The maximum atomic E-state index is 13.8. The van der Waals surface area contributed by atoms with Gasteiger partial charge in [-0.05, 0) is 46.3 Å². The lowest BCUT2D eigenvalue weighted by molar-refractivity contribution is 0.405. The topological polar surface area (TPSA) is 42.5 Å². The molecule has 2 aromatic rings. The smallest absolute Gasteiger partial charge is 0.175 e. The zero-order chi connectivity index (χ0) is 17.0. The SMILES string of the molecule is COc1ccc(OC)c(NC(=S)Nc2c(F)cc(F)cc2Br)c1. The number of benzene rings is 2. The Labute approximate surface area is 145 Å². The molecule has 4 nitrogen and oxygen atoms in total. The van der Waals surface area contributed by atoms with E-state index >= 15 is 0 Å². The average molecular weight is 403 g/mol. The lowest BCUT2D eigenvalue weighted by atomic mass is 10.2. The summed E-state index contributed by atoms with van der Waals surface area (Å²) in [5.41, 5.74) is 0.578. The lowest BCUT2D eigenvalue weighted by Crippen LogP contribution is -2.20. The van der Waals surface area contributed by atoms with E-state index in [-0.39, 0.29) is 15.3 Å². The third-order valence-corrected chi connectivity index (χ3v) is 3.73. The third kappa shape index (κ3) is 4.29. The van der Waals surface area contributed by atoms with Crippen molar-refractivity contribution in [3.63, 3.8) is 0 Å². The van der Waals surface area contributed by atoms with Gasteiger partial charge in [0.05, 0.1) is 25.6 Å². The fourth-order valence-corrected chi connectivity index (χ4v) is 2.56. The van der Waals surface area contributed by atoms with Gasteiger partial charge in [0, 0.05) is 16.6 Å². The van der Waals surface area contributed by atoms with Crippen LogP contribution in [-0.2, 0) is 0 Å². The molecule has 0 fully saturated rings. The van der Waals surface area contributed by atoms with Gasteiger partial charge < -0.3 is 20.1 Å². The summed E-state index contributed by atoms with van der Waals surface area (Å²) < 4.78 is 37.5. The molecule has 0 aliphatic rings. The summed E-state index contributed by atoms with van der Waals surface area (Å²) in [5, 5.41) is 5.68. The Hall–Kier alpha value is -1.93. The molecule has 0 aromatic heterocycles. The van der Waals surface area contributed by atoms with Gasteiger partial charge in [-0.1, -0.05) is 0 Å². The summed E-state index contributed by atoms with van der Waals surface area (Å²) >= 11 is 8.25. The summed E-state index contributed by atoms with van der Waals surface area (Å²) in [7, 11) is 3.05. The number of thiocarbonyl (C=S) groups is 1. The minimum atomic E-state index is -0.765. The molecule has 0 radical (unpaired) electrons. The van der Waals surface area contributed by atoms with Gasteiger partial charge in [-0.25, -0.2) is 8.78 Å². The van der Waals surface area contributed by atoms with E-state index in [1.165, 1.54) is 14.2 Å². The van der Waals surface area contributed by atoms with Crippen LogP contribution < -0.4 is 20.1 Å². The Morgan fingerprint density at radius 1 is 1.09 bits per heavy atom. The summed E-state index contributed by atoms with van der Waals surface area (Å²) in [6, 6.07) is 7.03. The van der Waals surface area contributed by atoms with Crippen LogP contribution in [0.5, 0.6) is 11.5 Å². The summed E-state index contributed by atoms with van der Waals surface area (Å²) in [6.45, 7) is 0. The summed E-state index contributed by atoms with van der Waals surface area (Å²) in [4.78, 5) is 0. The quantitative estimate of drug-likeness (QED) is 0.734. The molecule has 8 heteroatoms. The van der Waals surface area contributed by atoms with Crippen LogP contribution in [-0.4, -0.2) is 19.3 Å². The molecule has 0 aliphatic carbocycles. The first-order chi connectivity index (χ1) is 10.9. The second-order valence-corrected chi connectivity index (χ2v) is 5.65. The molecule has 0 atom stereocenters. The number of hydrogen-bond donors (Lipinski definition) is 2. The van der Waals surface area contributed by atoms with Crippen LogP contribution in [0.25, 0.3) is 0 Å². The number of hydrogen-bond acceptors (Lipinski definition) is 3. The molecular formula is C15H13BrF2N2O2S. The van der Waals surface area contributed by atoms with E-state index in [1.54, 1.807) is 18.2 Å².